The van der Waals surface area contributed by atoms with E-state index in [0.717, 1.165) is 11.1 Å². The Balaban J connectivity index is 1.77. The molecule has 1 amide bonds. The number of nitrogens with one attached hydrogen (secondary N) is 1. The molecular formula is C25H19Cl3N2O3. The number of carbonyl (C=O) groups excluding carboxylic acids is 1. The van der Waals surface area contributed by atoms with E-state index in [9.17, 15) is 10.1 Å². The number of ether oxygens (including phenoxy) is 2. The summed E-state index contributed by atoms with van der Waals surface area (Å²) in [4.78, 5) is 12.5. The molecule has 0 saturated carbocycles. The highest BCUT2D eigenvalue weighted by molar-refractivity contribution is 6.35. The van der Waals surface area contributed by atoms with Gasteiger partial charge in [-0.1, -0.05) is 71.2 Å². The molecule has 0 saturated heterocycles. The van der Waals surface area contributed by atoms with Crippen LogP contribution in [0.5, 0.6) is 11.5 Å². The highest BCUT2D eigenvalue weighted by Gasteiger charge is 2.15. The highest BCUT2D eigenvalue weighted by Crippen LogP contribution is 2.38. The lowest BCUT2D eigenvalue weighted by atomic mass is 10.1. The normalized spacial score (nSPS) is 10.9. The summed E-state index contributed by atoms with van der Waals surface area (Å²) in [5, 5.41) is 13.5. The van der Waals surface area contributed by atoms with Crippen molar-refractivity contribution < 1.29 is 14.3 Å². The van der Waals surface area contributed by atoms with Crippen LogP contribution in [0.3, 0.4) is 0 Å². The first-order valence-electron chi connectivity index (χ1n) is 9.79. The fourth-order valence-corrected chi connectivity index (χ4v) is 3.68. The van der Waals surface area contributed by atoms with E-state index in [-0.39, 0.29) is 17.2 Å². The molecule has 33 heavy (non-hydrogen) atoms. The van der Waals surface area contributed by atoms with Crippen LogP contribution in [0.2, 0.25) is 15.1 Å². The number of nitrogens with zero attached hydrogens (tertiary/aromatic N) is 1. The van der Waals surface area contributed by atoms with E-state index in [1.54, 1.807) is 30.3 Å². The summed E-state index contributed by atoms with van der Waals surface area (Å²) in [5.74, 6) is 0.171. The van der Waals surface area contributed by atoms with Gasteiger partial charge < -0.3 is 14.8 Å². The standard InChI is InChI=1S/C25H19Cl3N2O3/c1-32-23-11-17(9-19(13-29)25(31)30-14-16-5-3-2-4-6-16)10-22(28)24(23)33-15-18-7-8-20(26)12-21(18)27/h2-12H,14-15H2,1H3,(H,30,31)/b19-9-. The lowest BCUT2D eigenvalue weighted by Gasteiger charge is -2.14. The number of amides is 1. The van der Waals surface area contributed by atoms with Gasteiger partial charge in [0.15, 0.2) is 11.5 Å². The third-order valence-corrected chi connectivity index (χ3v) is 5.48. The second-order valence-corrected chi connectivity index (χ2v) is 8.15. The molecule has 3 rings (SSSR count). The second-order valence-electron chi connectivity index (χ2n) is 6.90. The quantitative estimate of drug-likeness (QED) is 0.284. The molecular weight excluding hydrogens is 483 g/mol. The largest absolute Gasteiger partial charge is 0.493 e. The number of methoxy groups -OCH3 is 1. The zero-order chi connectivity index (χ0) is 23.8. The minimum Gasteiger partial charge on any atom is -0.493 e. The Morgan fingerprint density at radius 2 is 1.82 bits per heavy atom. The molecule has 0 aliphatic rings. The SMILES string of the molecule is COc1cc(/C=C(/C#N)C(=O)NCc2ccccc2)cc(Cl)c1OCc1ccc(Cl)cc1Cl. The van der Waals surface area contributed by atoms with Crippen molar-refractivity contribution in [3.8, 4) is 17.6 Å². The van der Waals surface area contributed by atoms with Crippen LogP contribution in [0, 0.1) is 11.3 Å². The minimum atomic E-state index is -0.492. The molecule has 5 nitrogen and oxygen atoms in total. The Hall–Kier alpha value is -3.17. The Morgan fingerprint density at radius 3 is 2.48 bits per heavy atom. The van der Waals surface area contributed by atoms with E-state index in [1.807, 2.05) is 36.4 Å². The fourth-order valence-electron chi connectivity index (χ4n) is 2.94. The first-order valence-corrected chi connectivity index (χ1v) is 10.9. The molecule has 0 bridgehead atoms. The summed E-state index contributed by atoms with van der Waals surface area (Å²) in [6, 6.07) is 19.7. The van der Waals surface area contributed by atoms with Gasteiger partial charge in [-0.15, -0.1) is 0 Å². The van der Waals surface area contributed by atoms with Crippen LogP contribution in [-0.2, 0) is 17.9 Å². The van der Waals surface area contributed by atoms with Crippen LogP contribution < -0.4 is 14.8 Å². The van der Waals surface area contributed by atoms with Gasteiger partial charge in [-0.2, -0.15) is 5.26 Å². The van der Waals surface area contributed by atoms with Gasteiger partial charge in [0.1, 0.15) is 18.2 Å². The van der Waals surface area contributed by atoms with E-state index >= 15 is 0 Å². The van der Waals surface area contributed by atoms with Crippen molar-refractivity contribution in [1.82, 2.24) is 5.32 Å². The molecule has 1 N–H and O–H groups in total. The van der Waals surface area contributed by atoms with Crippen molar-refractivity contribution in [1.29, 1.82) is 5.26 Å². The van der Waals surface area contributed by atoms with Gasteiger partial charge in [-0.05, 0) is 41.5 Å². The average molecular weight is 502 g/mol. The van der Waals surface area contributed by atoms with Gasteiger partial charge in [0.25, 0.3) is 5.91 Å². The molecule has 0 unspecified atom stereocenters. The molecule has 8 heteroatoms. The number of nitriles is 1. The molecule has 0 heterocycles. The summed E-state index contributed by atoms with van der Waals surface area (Å²) in [7, 11) is 1.47. The number of rotatable bonds is 8. The zero-order valence-electron chi connectivity index (χ0n) is 17.6. The predicted molar refractivity (Wildman–Crippen MR) is 131 cm³/mol. The van der Waals surface area contributed by atoms with Gasteiger partial charge in [0, 0.05) is 22.2 Å². The molecule has 0 fully saturated rings. The van der Waals surface area contributed by atoms with Crippen LogP contribution >= 0.6 is 34.8 Å². The van der Waals surface area contributed by atoms with Gasteiger partial charge >= 0.3 is 0 Å². The highest BCUT2D eigenvalue weighted by atomic mass is 35.5. The van der Waals surface area contributed by atoms with Crippen molar-refractivity contribution in [2.75, 3.05) is 7.11 Å². The maximum absolute atomic E-state index is 12.5. The topological polar surface area (TPSA) is 71.3 Å². The van der Waals surface area contributed by atoms with Crippen LogP contribution in [-0.4, -0.2) is 13.0 Å². The van der Waals surface area contributed by atoms with Gasteiger partial charge in [-0.3, -0.25) is 4.79 Å². The minimum absolute atomic E-state index is 0.0642. The van der Waals surface area contributed by atoms with E-state index in [1.165, 1.54) is 13.2 Å². The van der Waals surface area contributed by atoms with Gasteiger partial charge in [-0.25, -0.2) is 0 Å². The smallest absolute Gasteiger partial charge is 0.262 e. The molecule has 0 spiro atoms. The molecule has 0 radical (unpaired) electrons. The average Bonchev–Trinajstić information content (AvgIpc) is 2.81. The number of carbonyl (C=O) groups is 1. The third-order valence-electron chi connectivity index (χ3n) is 4.61. The monoisotopic (exact) mass is 500 g/mol. The summed E-state index contributed by atoms with van der Waals surface area (Å²) < 4.78 is 11.2. The second kappa shape index (κ2) is 11.6. The molecule has 0 aliphatic heterocycles. The number of hydrogen-bond donors (Lipinski definition) is 1. The Morgan fingerprint density at radius 1 is 1.06 bits per heavy atom. The lowest BCUT2D eigenvalue weighted by Crippen LogP contribution is -2.23. The molecule has 3 aromatic rings. The van der Waals surface area contributed by atoms with Gasteiger partial charge in [0.2, 0.25) is 0 Å². The summed E-state index contributed by atoms with van der Waals surface area (Å²) in [6.45, 7) is 0.454. The van der Waals surface area contributed by atoms with Crippen LogP contribution in [0.4, 0.5) is 0 Å². The van der Waals surface area contributed by atoms with E-state index in [2.05, 4.69) is 5.32 Å². The molecule has 3 aromatic carbocycles. The van der Waals surface area contributed by atoms with Crippen molar-refractivity contribution in [3.63, 3.8) is 0 Å². The summed E-state index contributed by atoms with van der Waals surface area (Å²) >= 11 is 18.5. The Kier molecular flexibility index (Phi) is 8.62. The zero-order valence-corrected chi connectivity index (χ0v) is 19.8. The van der Waals surface area contributed by atoms with Crippen LogP contribution in [0.15, 0.2) is 66.2 Å². The summed E-state index contributed by atoms with van der Waals surface area (Å²) in [6.07, 6.45) is 1.44. The first-order chi connectivity index (χ1) is 15.9. The summed E-state index contributed by atoms with van der Waals surface area (Å²) in [5.41, 5.74) is 2.10. The van der Waals surface area contributed by atoms with Crippen LogP contribution in [0.1, 0.15) is 16.7 Å². The van der Waals surface area contributed by atoms with E-state index in [4.69, 9.17) is 44.3 Å². The van der Waals surface area contributed by atoms with Gasteiger partial charge in [0.05, 0.1) is 12.1 Å². The third kappa shape index (κ3) is 6.66. The molecule has 0 atom stereocenters. The first kappa shape index (κ1) is 24.5. The van der Waals surface area contributed by atoms with E-state index in [0.29, 0.717) is 33.7 Å². The number of benzene rings is 3. The Bertz CT molecular complexity index is 1220. The number of halogens is 3. The van der Waals surface area contributed by atoms with E-state index < -0.39 is 5.91 Å². The van der Waals surface area contributed by atoms with Crippen molar-refractivity contribution in [3.05, 3.63) is 98.0 Å². The van der Waals surface area contributed by atoms with Crippen molar-refractivity contribution in [2.45, 2.75) is 13.2 Å². The maximum atomic E-state index is 12.5. The Labute approximate surface area is 207 Å². The molecule has 168 valence electrons. The van der Waals surface area contributed by atoms with Crippen molar-refractivity contribution >= 4 is 46.8 Å². The molecule has 0 aliphatic carbocycles. The maximum Gasteiger partial charge on any atom is 0.262 e. The fraction of sp³-hybridized carbons (Fsp3) is 0.120. The lowest BCUT2D eigenvalue weighted by molar-refractivity contribution is -0.117. The molecule has 0 aromatic heterocycles. The number of hydrogen-bond acceptors (Lipinski definition) is 4. The predicted octanol–water partition coefficient (Wildman–Crippen LogP) is 6.46. The van der Waals surface area contributed by atoms with Crippen LogP contribution in [0.25, 0.3) is 6.08 Å². The van der Waals surface area contributed by atoms with Crippen molar-refractivity contribution in [2.24, 2.45) is 0 Å².